The first-order valence-corrected chi connectivity index (χ1v) is 5.98. The smallest absolute Gasteiger partial charge is 0.328 e. The molecule has 0 saturated heterocycles. The lowest BCUT2D eigenvalue weighted by molar-refractivity contribution is -0.134. The van der Waals surface area contributed by atoms with Gasteiger partial charge in [-0.25, -0.2) is 9.59 Å². The number of ether oxygens (including phenoxy) is 1. The molecular formula is C14H19NO5. The zero-order chi connectivity index (χ0) is 15.5. The van der Waals surface area contributed by atoms with Gasteiger partial charge in [0.15, 0.2) is 0 Å². The second-order valence-corrected chi connectivity index (χ2v) is 4.26. The summed E-state index contributed by atoms with van der Waals surface area (Å²) >= 11 is 0. The normalized spacial score (nSPS) is 10.0. The van der Waals surface area contributed by atoms with Crippen LogP contribution < -0.4 is 4.74 Å². The molecule has 0 unspecified atom stereocenters. The van der Waals surface area contributed by atoms with Crippen molar-refractivity contribution in [3.63, 3.8) is 0 Å². The van der Waals surface area contributed by atoms with Crippen molar-refractivity contribution in [1.82, 2.24) is 4.98 Å². The molecule has 2 N–H and O–H groups in total. The molecule has 0 spiro atoms. The highest BCUT2D eigenvalue weighted by molar-refractivity contribution is 5.89. The lowest BCUT2D eigenvalue weighted by Gasteiger charge is -2.08. The Balaban J connectivity index is 0.000000396. The standard InChI is InChI=1S/C10H15NO.C4H4O4/c1-8(2)7-9-10(12-3)5-4-6-11-9;5-3(6)1-2-4(7)8/h4-6,8H,7H2,1-3H3;1-2H,(H,5,6)(H,7,8)/b;2-1-. The number of rotatable bonds is 5. The minimum absolute atomic E-state index is 0.558. The molecule has 0 bridgehead atoms. The Bertz CT molecular complexity index is 452. The van der Waals surface area contributed by atoms with Gasteiger partial charge in [0.05, 0.1) is 12.8 Å². The molecule has 0 aliphatic rings. The van der Waals surface area contributed by atoms with Crippen LogP contribution in [0.25, 0.3) is 0 Å². The van der Waals surface area contributed by atoms with Crippen LogP contribution in [0.2, 0.25) is 0 Å². The van der Waals surface area contributed by atoms with Crippen molar-refractivity contribution < 1.29 is 24.5 Å². The molecule has 1 aromatic rings. The number of aromatic nitrogens is 1. The van der Waals surface area contributed by atoms with Crippen molar-refractivity contribution >= 4 is 11.9 Å². The predicted octanol–water partition coefficient (Wildman–Crippen LogP) is 2.00. The Morgan fingerprint density at radius 1 is 1.30 bits per heavy atom. The highest BCUT2D eigenvalue weighted by Gasteiger charge is 2.04. The number of methoxy groups -OCH3 is 1. The summed E-state index contributed by atoms with van der Waals surface area (Å²) in [6.45, 7) is 4.35. The minimum Gasteiger partial charge on any atom is -0.495 e. The first kappa shape index (κ1) is 17.6. The Morgan fingerprint density at radius 2 is 1.85 bits per heavy atom. The summed E-state index contributed by atoms with van der Waals surface area (Å²) in [6, 6.07) is 3.84. The maximum Gasteiger partial charge on any atom is 0.328 e. The number of aliphatic carboxylic acids is 2. The number of carboxylic acids is 2. The van der Waals surface area contributed by atoms with Crippen LogP contribution in [0.3, 0.4) is 0 Å². The molecule has 0 amide bonds. The summed E-state index contributed by atoms with van der Waals surface area (Å²) in [7, 11) is 1.68. The van der Waals surface area contributed by atoms with Gasteiger partial charge in [-0.1, -0.05) is 13.8 Å². The molecular weight excluding hydrogens is 262 g/mol. The Morgan fingerprint density at radius 3 is 2.25 bits per heavy atom. The molecule has 110 valence electrons. The fourth-order valence-electron chi connectivity index (χ4n) is 1.29. The van der Waals surface area contributed by atoms with Gasteiger partial charge in [0, 0.05) is 18.3 Å². The zero-order valence-corrected chi connectivity index (χ0v) is 11.7. The number of carboxylic acid groups (broad SMARTS) is 2. The topological polar surface area (TPSA) is 96.7 Å². The van der Waals surface area contributed by atoms with Crippen molar-refractivity contribution in [2.45, 2.75) is 20.3 Å². The Hall–Kier alpha value is -2.37. The molecule has 1 aromatic heterocycles. The van der Waals surface area contributed by atoms with E-state index in [0.29, 0.717) is 18.1 Å². The molecule has 1 heterocycles. The number of hydrogen-bond acceptors (Lipinski definition) is 4. The van der Waals surface area contributed by atoms with Gasteiger partial charge < -0.3 is 14.9 Å². The average molecular weight is 281 g/mol. The van der Waals surface area contributed by atoms with Gasteiger partial charge in [-0.15, -0.1) is 0 Å². The molecule has 20 heavy (non-hydrogen) atoms. The van der Waals surface area contributed by atoms with Crippen molar-refractivity contribution in [3.05, 3.63) is 36.2 Å². The van der Waals surface area contributed by atoms with E-state index in [4.69, 9.17) is 14.9 Å². The molecule has 6 heteroatoms. The third-order valence-electron chi connectivity index (χ3n) is 2.04. The molecule has 0 radical (unpaired) electrons. The van der Waals surface area contributed by atoms with E-state index in [2.05, 4.69) is 18.8 Å². The minimum atomic E-state index is -1.26. The summed E-state index contributed by atoms with van der Waals surface area (Å²) in [5.41, 5.74) is 1.05. The quantitative estimate of drug-likeness (QED) is 0.801. The lowest BCUT2D eigenvalue weighted by Crippen LogP contribution is -1.99. The van der Waals surface area contributed by atoms with Gasteiger partial charge in [0.2, 0.25) is 0 Å². The first-order chi connectivity index (χ1) is 9.36. The highest BCUT2D eigenvalue weighted by atomic mass is 16.5. The Labute approximate surface area is 117 Å². The third-order valence-corrected chi connectivity index (χ3v) is 2.04. The Kier molecular flexibility index (Phi) is 8.41. The van der Waals surface area contributed by atoms with Crippen molar-refractivity contribution in [2.75, 3.05) is 7.11 Å². The van der Waals surface area contributed by atoms with Crippen molar-refractivity contribution in [3.8, 4) is 5.75 Å². The fraction of sp³-hybridized carbons (Fsp3) is 0.357. The monoisotopic (exact) mass is 281 g/mol. The van der Waals surface area contributed by atoms with Gasteiger partial charge in [-0.3, -0.25) is 4.98 Å². The largest absolute Gasteiger partial charge is 0.495 e. The second-order valence-electron chi connectivity index (χ2n) is 4.26. The van der Waals surface area contributed by atoms with Gasteiger partial charge in [0.25, 0.3) is 0 Å². The molecule has 0 atom stereocenters. The SMILES string of the molecule is COc1cccnc1CC(C)C.O=C(O)/C=C\C(=O)O. The molecule has 0 saturated carbocycles. The highest BCUT2D eigenvalue weighted by Crippen LogP contribution is 2.17. The van der Waals surface area contributed by atoms with E-state index in [1.807, 2.05) is 12.1 Å². The van der Waals surface area contributed by atoms with E-state index >= 15 is 0 Å². The third kappa shape index (κ3) is 8.68. The van der Waals surface area contributed by atoms with E-state index in [1.54, 1.807) is 13.3 Å². The summed E-state index contributed by atoms with van der Waals surface area (Å²) in [6.07, 6.45) is 3.90. The van der Waals surface area contributed by atoms with Crippen LogP contribution in [-0.2, 0) is 16.0 Å². The number of carbonyl (C=O) groups is 2. The summed E-state index contributed by atoms with van der Waals surface area (Å²) in [5.74, 6) is -1.00. The molecule has 0 aromatic carbocycles. The predicted molar refractivity (Wildman–Crippen MR) is 73.7 cm³/mol. The second kappa shape index (κ2) is 9.55. The molecule has 0 fully saturated rings. The van der Waals surface area contributed by atoms with Crippen LogP contribution in [0.5, 0.6) is 5.75 Å². The van der Waals surface area contributed by atoms with Crippen molar-refractivity contribution in [2.24, 2.45) is 5.92 Å². The molecule has 0 aliphatic heterocycles. The molecule has 1 rings (SSSR count). The van der Waals surface area contributed by atoms with Crippen LogP contribution >= 0.6 is 0 Å². The number of pyridine rings is 1. The van der Waals surface area contributed by atoms with Crippen LogP contribution in [0.1, 0.15) is 19.5 Å². The van der Waals surface area contributed by atoms with E-state index in [9.17, 15) is 9.59 Å². The fourth-order valence-corrected chi connectivity index (χ4v) is 1.29. The van der Waals surface area contributed by atoms with Crippen LogP contribution in [0, 0.1) is 5.92 Å². The van der Waals surface area contributed by atoms with E-state index in [0.717, 1.165) is 17.9 Å². The molecule has 6 nitrogen and oxygen atoms in total. The average Bonchev–Trinajstić information content (AvgIpc) is 2.37. The summed E-state index contributed by atoms with van der Waals surface area (Å²) in [5, 5.41) is 15.6. The summed E-state index contributed by atoms with van der Waals surface area (Å²) < 4.78 is 5.18. The number of nitrogens with zero attached hydrogens (tertiary/aromatic N) is 1. The van der Waals surface area contributed by atoms with Crippen LogP contribution in [0.15, 0.2) is 30.5 Å². The first-order valence-electron chi connectivity index (χ1n) is 5.98. The maximum absolute atomic E-state index is 9.55. The van der Waals surface area contributed by atoms with Crippen LogP contribution in [0.4, 0.5) is 0 Å². The number of hydrogen-bond donors (Lipinski definition) is 2. The van der Waals surface area contributed by atoms with Gasteiger partial charge in [-0.05, 0) is 24.5 Å². The van der Waals surface area contributed by atoms with Gasteiger partial charge >= 0.3 is 11.9 Å². The summed E-state index contributed by atoms with van der Waals surface area (Å²) in [4.78, 5) is 23.4. The lowest BCUT2D eigenvalue weighted by atomic mass is 10.1. The van der Waals surface area contributed by atoms with Crippen LogP contribution in [-0.4, -0.2) is 34.2 Å². The van der Waals surface area contributed by atoms with E-state index in [1.165, 1.54) is 0 Å². The van der Waals surface area contributed by atoms with Gasteiger partial charge in [-0.2, -0.15) is 0 Å². The maximum atomic E-state index is 9.55. The van der Waals surface area contributed by atoms with Crippen molar-refractivity contribution in [1.29, 1.82) is 0 Å². The van der Waals surface area contributed by atoms with Gasteiger partial charge in [0.1, 0.15) is 5.75 Å². The molecule has 0 aliphatic carbocycles. The van der Waals surface area contributed by atoms with E-state index in [-0.39, 0.29) is 0 Å². The zero-order valence-electron chi connectivity index (χ0n) is 11.7. The van der Waals surface area contributed by atoms with E-state index < -0.39 is 11.9 Å².